The van der Waals surface area contributed by atoms with E-state index in [0.29, 0.717) is 0 Å². The fourth-order valence-corrected chi connectivity index (χ4v) is 6.68. The highest BCUT2D eigenvalue weighted by Gasteiger charge is 2.38. The molecule has 0 amide bonds. The molecule has 3 aliphatic rings. The number of rotatable bonds is 5. The highest BCUT2D eigenvalue weighted by Crippen LogP contribution is 2.42. The first kappa shape index (κ1) is 18.7. The summed E-state index contributed by atoms with van der Waals surface area (Å²) in [5, 5.41) is 2.83. The zero-order chi connectivity index (χ0) is 20.1. The summed E-state index contributed by atoms with van der Waals surface area (Å²) in [5.74, 6) is 2.79. The van der Waals surface area contributed by atoms with Crippen LogP contribution in [-0.2, 0) is 13.1 Å². The van der Waals surface area contributed by atoms with Crippen molar-refractivity contribution in [2.45, 2.75) is 32.9 Å². The zero-order valence-corrected chi connectivity index (χ0v) is 18.2. The average molecular weight is 402 g/mol. The number of allylic oxidation sites excluding steroid dienone is 2. The molecule has 30 heavy (non-hydrogen) atoms. The van der Waals surface area contributed by atoms with Gasteiger partial charge in [-0.25, -0.2) is 0 Å². The molecule has 1 aliphatic heterocycles. The van der Waals surface area contributed by atoms with E-state index in [1.54, 1.807) is 4.90 Å². The third-order valence-corrected chi connectivity index (χ3v) is 8.24. The molecular formula is C27H35N3+2. The molecule has 3 atom stereocenters. The molecule has 0 unspecified atom stereocenters. The van der Waals surface area contributed by atoms with Crippen molar-refractivity contribution in [2.24, 2.45) is 17.8 Å². The summed E-state index contributed by atoms with van der Waals surface area (Å²) in [7, 11) is 0. The van der Waals surface area contributed by atoms with Gasteiger partial charge in [0, 0.05) is 39.8 Å². The van der Waals surface area contributed by atoms with Gasteiger partial charge < -0.3 is 14.4 Å². The average Bonchev–Trinajstić information content (AvgIpc) is 3.48. The van der Waals surface area contributed by atoms with Crippen molar-refractivity contribution in [1.82, 2.24) is 4.57 Å². The molecule has 1 saturated carbocycles. The van der Waals surface area contributed by atoms with Crippen molar-refractivity contribution in [1.29, 1.82) is 0 Å². The molecule has 3 heteroatoms. The number of hydrogen-bond donors (Lipinski definition) is 2. The number of piperazine rings is 1. The highest BCUT2D eigenvalue weighted by molar-refractivity contribution is 6.08. The van der Waals surface area contributed by atoms with Crippen molar-refractivity contribution in [2.75, 3.05) is 32.7 Å². The Morgan fingerprint density at radius 1 is 0.867 bits per heavy atom. The summed E-state index contributed by atoms with van der Waals surface area (Å²) in [6, 6.07) is 16.1. The number of nitrogens with zero attached hydrogens (tertiary/aromatic N) is 1. The lowest BCUT2D eigenvalue weighted by molar-refractivity contribution is -1.02. The van der Waals surface area contributed by atoms with Crippen molar-refractivity contribution >= 4 is 21.8 Å². The number of hydrogen-bond acceptors (Lipinski definition) is 0. The first-order valence-electron chi connectivity index (χ1n) is 12.1. The van der Waals surface area contributed by atoms with E-state index >= 15 is 0 Å². The van der Waals surface area contributed by atoms with Crippen LogP contribution in [-0.4, -0.2) is 37.3 Å². The largest absolute Gasteiger partial charge is 0.341 e. The van der Waals surface area contributed by atoms with Crippen LogP contribution in [0.25, 0.3) is 21.8 Å². The Hall–Kier alpha value is -2.10. The van der Waals surface area contributed by atoms with Crippen LogP contribution in [0.15, 0.2) is 54.6 Å². The number of fused-ring (bicyclic) bond motifs is 5. The summed E-state index contributed by atoms with van der Waals surface area (Å²) in [5.41, 5.74) is 4.25. The molecule has 2 aromatic carbocycles. The van der Waals surface area contributed by atoms with Gasteiger partial charge >= 0.3 is 0 Å². The second kappa shape index (κ2) is 7.55. The highest BCUT2D eigenvalue weighted by atomic mass is 15.3. The monoisotopic (exact) mass is 401 g/mol. The van der Waals surface area contributed by atoms with Gasteiger partial charge in [0.15, 0.2) is 0 Å². The molecule has 0 spiro atoms. The predicted octanol–water partition coefficient (Wildman–Crippen LogP) is 2.31. The van der Waals surface area contributed by atoms with Gasteiger partial charge in [0.2, 0.25) is 0 Å². The van der Waals surface area contributed by atoms with Crippen molar-refractivity contribution < 1.29 is 9.80 Å². The van der Waals surface area contributed by atoms with Crippen molar-refractivity contribution in [3.8, 4) is 0 Å². The van der Waals surface area contributed by atoms with E-state index in [1.807, 2.05) is 4.90 Å². The SMILES string of the molecule is CCn1c2ccccc2c2cc(C[NH+]3CC[NH+](C[C@H]4C[C@@H]5C=C[C@H]4C5)CC3)ccc21. The third-order valence-electron chi connectivity index (χ3n) is 8.24. The molecule has 1 saturated heterocycles. The van der Waals surface area contributed by atoms with E-state index in [1.165, 1.54) is 79.5 Å². The van der Waals surface area contributed by atoms with Crippen molar-refractivity contribution in [3.63, 3.8) is 0 Å². The molecule has 2 N–H and O–H groups in total. The van der Waals surface area contributed by atoms with Gasteiger partial charge in [-0.05, 0) is 49.8 Å². The Morgan fingerprint density at radius 3 is 2.43 bits per heavy atom. The Kier molecular flexibility index (Phi) is 4.69. The second-order valence-corrected chi connectivity index (χ2v) is 10.0. The lowest BCUT2D eigenvalue weighted by Crippen LogP contribution is -3.27. The summed E-state index contributed by atoms with van der Waals surface area (Å²) in [6.07, 6.45) is 7.91. The molecule has 6 rings (SSSR count). The van der Waals surface area contributed by atoms with E-state index in [-0.39, 0.29) is 0 Å². The van der Waals surface area contributed by atoms with E-state index in [4.69, 9.17) is 0 Å². The summed E-state index contributed by atoms with van der Waals surface area (Å²) in [4.78, 5) is 3.64. The van der Waals surface area contributed by atoms with Gasteiger partial charge in [-0.2, -0.15) is 0 Å². The lowest BCUT2D eigenvalue weighted by Gasteiger charge is -2.32. The van der Waals surface area contributed by atoms with Crippen LogP contribution in [0.5, 0.6) is 0 Å². The summed E-state index contributed by atoms with van der Waals surface area (Å²) in [6.45, 7) is 11.2. The Labute approximate surface area is 180 Å². The zero-order valence-electron chi connectivity index (χ0n) is 18.2. The van der Waals surface area contributed by atoms with Crippen LogP contribution in [0, 0.1) is 17.8 Å². The fourth-order valence-electron chi connectivity index (χ4n) is 6.68. The normalized spacial score (nSPS) is 30.6. The number of benzene rings is 2. The second-order valence-electron chi connectivity index (χ2n) is 10.0. The predicted molar refractivity (Wildman–Crippen MR) is 124 cm³/mol. The van der Waals surface area contributed by atoms with Gasteiger partial charge in [-0.3, -0.25) is 0 Å². The standard InChI is InChI=1S/C27H33N3/c1-2-30-26-6-4-3-5-24(26)25-17-21(8-10-27(25)30)18-28-11-13-29(14-12-28)19-23-16-20-7-9-22(23)15-20/h3-10,17,20,22-23H,2,11-16,18-19H2,1H3/p+2/t20-,22+,23-/m1/s1. The summed E-state index contributed by atoms with van der Waals surface area (Å²) >= 11 is 0. The maximum atomic E-state index is 2.52. The lowest BCUT2D eigenvalue weighted by atomic mass is 9.93. The van der Waals surface area contributed by atoms with E-state index < -0.39 is 0 Å². The van der Waals surface area contributed by atoms with Gasteiger partial charge in [-0.1, -0.05) is 36.4 Å². The van der Waals surface area contributed by atoms with Gasteiger partial charge in [0.05, 0.1) is 6.54 Å². The minimum absolute atomic E-state index is 0.907. The van der Waals surface area contributed by atoms with E-state index in [0.717, 1.165) is 24.3 Å². The minimum atomic E-state index is 0.907. The fraction of sp³-hybridized carbons (Fsp3) is 0.481. The number of quaternary nitrogens is 2. The number of aromatic nitrogens is 1. The number of para-hydroxylation sites is 1. The van der Waals surface area contributed by atoms with Gasteiger partial charge in [0.25, 0.3) is 0 Å². The molecule has 1 aromatic heterocycles. The van der Waals surface area contributed by atoms with Crippen LogP contribution in [0.2, 0.25) is 0 Å². The van der Waals surface area contributed by atoms with E-state index in [9.17, 15) is 0 Å². The number of aryl methyl sites for hydroxylation is 1. The van der Waals surface area contributed by atoms with E-state index in [2.05, 4.69) is 66.1 Å². The molecule has 0 radical (unpaired) electrons. The van der Waals surface area contributed by atoms with Crippen LogP contribution < -0.4 is 9.80 Å². The molecule has 2 fully saturated rings. The van der Waals surface area contributed by atoms with Crippen LogP contribution in [0.4, 0.5) is 0 Å². The molecule has 156 valence electrons. The summed E-state index contributed by atoms with van der Waals surface area (Å²) < 4.78 is 2.45. The van der Waals surface area contributed by atoms with Crippen LogP contribution >= 0.6 is 0 Å². The molecular weight excluding hydrogens is 366 g/mol. The number of nitrogens with one attached hydrogen (secondary N) is 2. The molecule has 2 heterocycles. The van der Waals surface area contributed by atoms with Crippen molar-refractivity contribution in [3.05, 3.63) is 60.2 Å². The molecule has 3 nitrogen and oxygen atoms in total. The topological polar surface area (TPSA) is 13.8 Å². The minimum Gasteiger partial charge on any atom is -0.341 e. The first-order chi connectivity index (χ1) is 14.8. The smallest absolute Gasteiger partial charge is 0.127 e. The van der Waals surface area contributed by atoms with Gasteiger partial charge in [-0.15, -0.1) is 0 Å². The van der Waals surface area contributed by atoms with Gasteiger partial charge in [0.1, 0.15) is 32.7 Å². The van der Waals surface area contributed by atoms with Crippen LogP contribution in [0.1, 0.15) is 25.3 Å². The first-order valence-corrected chi connectivity index (χ1v) is 12.1. The Balaban J connectivity index is 1.13. The quantitative estimate of drug-likeness (QED) is 0.610. The Morgan fingerprint density at radius 2 is 1.67 bits per heavy atom. The Bertz CT molecular complexity index is 1090. The van der Waals surface area contributed by atoms with Crippen LogP contribution in [0.3, 0.4) is 0 Å². The molecule has 3 aromatic rings. The maximum absolute atomic E-state index is 2.52. The molecule has 2 aliphatic carbocycles. The maximum Gasteiger partial charge on any atom is 0.127 e. The molecule has 2 bridgehead atoms. The third kappa shape index (κ3) is 3.19.